The van der Waals surface area contributed by atoms with Gasteiger partial charge in [-0.2, -0.15) is 5.10 Å². The largest absolute Gasteiger partial charge is 0.217 e. The summed E-state index contributed by atoms with van der Waals surface area (Å²) < 4.78 is 1.87. The predicted molar refractivity (Wildman–Crippen MR) is 73.3 cm³/mol. The Morgan fingerprint density at radius 2 is 2.11 bits per heavy atom. The van der Waals surface area contributed by atoms with Crippen LogP contribution in [-0.2, 0) is 0 Å². The molecule has 3 nitrogen and oxygen atoms in total. The second-order valence-corrected chi connectivity index (χ2v) is 5.94. The molecule has 0 bridgehead atoms. The standard InChI is InChI=1S/C13H10ClN3S/c14-10-4-2-1-3-9(10)11-7-17-13(15-11)18-12(16-17)8-5-6-8/h1-4,7-8H,5-6H2. The maximum absolute atomic E-state index is 6.18. The number of nitrogens with zero attached hydrogens (tertiary/aromatic N) is 3. The maximum Gasteiger partial charge on any atom is 0.212 e. The first kappa shape index (κ1) is 10.5. The molecule has 0 unspecified atom stereocenters. The summed E-state index contributed by atoms with van der Waals surface area (Å²) in [5.41, 5.74) is 1.85. The smallest absolute Gasteiger partial charge is 0.212 e. The van der Waals surface area contributed by atoms with Crippen molar-refractivity contribution in [3.8, 4) is 11.3 Å². The fourth-order valence-electron chi connectivity index (χ4n) is 2.01. The van der Waals surface area contributed by atoms with Crippen molar-refractivity contribution < 1.29 is 0 Å². The van der Waals surface area contributed by atoms with Crippen LogP contribution in [0.5, 0.6) is 0 Å². The molecule has 0 saturated heterocycles. The highest BCUT2D eigenvalue weighted by molar-refractivity contribution is 7.16. The number of imidazole rings is 1. The van der Waals surface area contributed by atoms with Gasteiger partial charge in [-0.05, 0) is 18.9 Å². The van der Waals surface area contributed by atoms with Crippen molar-refractivity contribution in [2.24, 2.45) is 0 Å². The van der Waals surface area contributed by atoms with Gasteiger partial charge in [0, 0.05) is 11.5 Å². The molecule has 0 atom stereocenters. The Labute approximate surface area is 113 Å². The molecule has 1 aliphatic rings. The van der Waals surface area contributed by atoms with Crippen molar-refractivity contribution in [3.63, 3.8) is 0 Å². The van der Waals surface area contributed by atoms with Crippen LogP contribution in [0.3, 0.4) is 0 Å². The fourth-order valence-corrected chi connectivity index (χ4v) is 3.29. The fraction of sp³-hybridized carbons (Fsp3) is 0.231. The topological polar surface area (TPSA) is 30.2 Å². The van der Waals surface area contributed by atoms with E-state index in [2.05, 4.69) is 10.1 Å². The average molecular weight is 276 g/mol. The van der Waals surface area contributed by atoms with E-state index in [0.29, 0.717) is 5.92 Å². The number of aromatic nitrogens is 3. The van der Waals surface area contributed by atoms with Crippen LogP contribution in [-0.4, -0.2) is 14.6 Å². The zero-order valence-corrected chi connectivity index (χ0v) is 11.1. The van der Waals surface area contributed by atoms with Crippen LogP contribution < -0.4 is 0 Å². The van der Waals surface area contributed by atoms with E-state index in [1.807, 2.05) is 35.0 Å². The van der Waals surface area contributed by atoms with Crippen LogP contribution in [0.1, 0.15) is 23.8 Å². The van der Waals surface area contributed by atoms with Gasteiger partial charge >= 0.3 is 0 Å². The Kier molecular flexibility index (Phi) is 2.22. The lowest BCUT2D eigenvalue weighted by Crippen LogP contribution is -1.83. The highest BCUT2D eigenvalue weighted by Gasteiger charge is 2.28. The molecular weight excluding hydrogens is 266 g/mol. The average Bonchev–Trinajstić information content (AvgIpc) is 3.02. The third-order valence-electron chi connectivity index (χ3n) is 3.14. The number of rotatable bonds is 2. The van der Waals surface area contributed by atoms with Gasteiger partial charge in [0.25, 0.3) is 0 Å². The number of halogens is 1. The van der Waals surface area contributed by atoms with E-state index in [1.54, 1.807) is 11.3 Å². The van der Waals surface area contributed by atoms with Crippen molar-refractivity contribution in [2.75, 3.05) is 0 Å². The summed E-state index contributed by atoms with van der Waals surface area (Å²) in [7, 11) is 0. The normalized spacial score (nSPS) is 15.4. The molecule has 18 heavy (non-hydrogen) atoms. The van der Waals surface area contributed by atoms with Crippen LogP contribution in [0.15, 0.2) is 30.5 Å². The van der Waals surface area contributed by atoms with E-state index in [0.717, 1.165) is 21.2 Å². The molecule has 5 heteroatoms. The molecular formula is C13H10ClN3S. The van der Waals surface area contributed by atoms with Gasteiger partial charge in [-0.15, -0.1) is 0 Å². The monoisotopic (exact) mass is 275 g/mol. The lowest BCUT2D eigenvalue weighted by Gasteiger charge is -1.98. The van der Waals surface area contributed by atoms with E-state index in [1.165, 1.54) is 17.8 Å². The minimum Gasteiger partial charge on any atom is -0.217 e. The number of benzene rings is 1. The van der Waals surface area contributed by atoms with Crippen molar-refractivity contribution in [1.82, 2.24) is 14.6 Å². The number of fused-ring (bicyclic) bond motifs is 1. The van der Waals surface area contributed by atoms with Gasteiger partial charge < -0.3 is 0 Å². The maximum atomic E-state index is 6.18. The minimum atomic E-state index is 0.681. The van der Waals surface area contributed by atoms with Gasteiger partial charge in [-0.1, -0.05) is 41.1 Å². The number of hydrogen-bond acceptors (Lipinski definition) is 3. The molecule has 1 saturated carbocycles. The SMILES string of the molecule is Clc1ccccc1-c1cn2nc(C3CC3)sc2n1. The Morgan fingerprint density at radius 1 is 1.28 bits per heavy atom. The molecule has 0 N–H and O–H groups in total. The summed E-state index contributed by atoms with van der Waals surface area (Å²) in [6, 6.07) is 7.76. The Hall–Kier alpha value is -1.39. The van der Waals surface area contributed by atoms with Crippen LogP contribution in [0.2, 0.25) is 5.02 Å². The second kappa shape index (κ2) is 3.80. The van der Waals surface area contributed by atoms with E-state index >= 15 is 0 Å². The quantitative estimate of drug-likeness (QED) is 0.708. The molecule has 90 valence electrons. The van der Waals surface area contributed by atoms with Crippen LogP contribution in [0, 0.1) is 0 Å². The van der Waals surface area contributed by atoms with Gasteiger partial charge in [0.05, 0.1) is 16.9 Å². The van der Waals surface area contributed by atoms with Crippen LogP contribution >= 0.6 is 22.9 Å². The highest BCUT2D eigenvalue weighted by Crippen LogP contribution is 2.42. The van der Waals surface area contributed by atoms with E-state index < -0.39 is 0 Å². The molecule has 4 rings (SSSR count). The van der Waals surface area contributed by atoms with Gasteiger partial charge in [0.2, 0.25) is 4.96 Å². The highest BCUT2D eigenvalue weighted by atomic mass is 35.5. The van der Waals surface area contributed by atoms with Gasteiger partial charge in [-0.25, -0.2) is 9.50 Å². The molecule has 0 aliphatic heterocycles. The first-order valence-electron chi connectivity index (χ1n) is 5.92. The third kappa shape index (κ3) is 1.64. The zero-order valence-electron chi connectivity index (χ0n) is 9.51. The second-order valence-electron chi connectivity index (χ2n) is 4.55. The van der Waals surface area contributed by atoms with Crippen molar-refractivity contribution in [3.05, 3.63) is 40.5 Å². The van der Waals surface area contributed by atoms with E-state index in [4.69, 9.17) is 11.6 Å². The van der Waals surface area contributed by atoms with Crippen molar-refractivity contribution >= 4 is 27.9 Å². The number of hydrogen-bond donors (Lipinski definition) is 0. The van der Waals surface area contributed by atoms with E-state index in [-0.39, 0.29) is 0 Å². The molecule has 3 aromatic rings. The summed E-state index contributed by atoms with van der Waals surface area (Å²) in [5, 5.41) is 6.52. The summed E-state index contributed by atoms with van der Waals surface area (Å²) in [6.45, 7) is 0. The Bertz CT molecular complexity index is 695. The Morgan fingerprint density at radius 3 is 2.83 bits per heavy atom. The summed E-state index contributed by atoms with van der Waals surface area (Å²) in [6.07, 6.45) is 4.50. The van der Waals surface area contributed by atoms with Gasteiger partial charge in [-0.3, -0.25) is 0 Å². The lowest BCUT2D eigenvalue weighted by molar-refractivity contribution is 0.905. The van der Waals surface area contributed by atoms with E-state index in [9.17, 15) is 0 Å². The van der Waals surface area contributed by atoms with Crippen LogP contribution in [0.4, 0.5) is 0 Å². The molecule has 1 aliphatic carbocycles. The molecule has 2 aromatic heterocycles. The predicted octanol–water partition coefficient (Wildman–Crippen LogP) is 3.99. The molecule has 0 spiro atoms. The summed E-state index contributed by atoms with van der Waals surface area (Å²) in [5.74, 6) is 0.681. The van der Waals surface area contributed by atoms with Crippen molar-refractivity contribution in [1.29, 1.82) is 0 Å². The summed E-state index contributed by atoms with van der Waals surface area (Å²) >= 11 is 7.87. The lowest BCUT2D eigenvalue weighted by atomic mass is 10.2. The molecule has 1 fully saturated rings. The van der Waals surface area contributed by atoms with Gasteiger partial charge in [0.15, 0.2) is 0 Å². The third-order valence-corrected chi connectivity index (χ3v) is 4.55. The van der Waals surface area contributed by atoms with Crippen LogP contribution in [0.25, 0.3) is 16.2 Å². The van der Waals surface area contributed by atoms with Gasteiger partial charge in [0.1, 0.15) is 5.01 Å². The first-order valence-corrected chi connectivity index (χ1v) is 7.12. The Balaban J connectivity index is 1.82. The molecule has 2 heterocycles. The molecule has 1 aromatic carbocycles. The molecule has 0 radical (unpaired) electrons. The van der Waals surface area contributed by atoms with Crippen molar-refractivity contribution in [2.45, 2.75) is 18.8 Å². The first-order chi connectivity index (χ1) is 8.81. The molecule has 0 amide bonds. The zero-order chi connectivity index (χ0) is 12.1. The minimum absolute atomic E-state index is 0.681. The summed E-state index contributed by atoms with van der Waals surface area (Å²) in [4.78, 5) is 5.56.